The third-order valence-corrected chi connectivity index (χ3v) is 5.39. The Morgan fingerprint density at radius 2 is 1.94 bits per heavy atom. The van der Waals surface area contributed by atoms with Crippen LogP contribution < -0.4 is 10.6 Å². The molecule has 3 aromatic rings. The fourth-order valence-corrected chi connectivity index (χ4v) is 3.87. The normalized spacial score (nSPS) is 13.7. The Morgan fingerprint density at radius 3 is 2.72 bits per heavy atom. The van der Waals surface area contributed by atoms with E-state index in [0.29, 0.717) is 5.95 Å². The highest BCUT2D eigenvalue weighted by atomic mass is 32.2. The van der Waals surface area contributed by atoms with Crippen LogP contribution in [-0.2, 0) is 22.7 Å². The molecule has 0 radical (unpaired) electrons. The zero-order valence-electron chi connectivity index (χ0n) is 18.0. The molecule has 32 heavy (non-hydrogen) atoms. The lowest BCUT2D eigenvalue weighted by atomic mass is 9.99. The van der Waals surface area contributed by atoms with E-state index in [1.807, 2.05) is 6.07 Å². The summed E-state index contributed by atoms with van der Waals surface area (Å²) in [6, 6.07) is 9.84. The highest BCUT2D eigenvalue weighted by molar-refractivity contribution is 7.92. The second kappa shape index (κ2) is 8.86. The molecule has 1 aliphatic heterocycles. The van der Waals surface area contributed by atoms with Crippen LogP contribution in [0.25, 0.3) is 0 Å². The monoisotopic (exact) mass is 449 g/mol. The van der Waals surface area contributed by atoms with E-state index in [2.05, 4.69) is 65.1 Å². The number of anilines is 4. The first-order valence-corrected chi connectivity index (χ1v) is 12.2. The highest BCUT2D eigenvalue weighted by Crippen LogP contribution is 2.25. The summed E-state index contributed by atoms with van der Waals surface area (Å²) in [6.07, 6.45) is 7.01. The van der Waals surface area contributed by atoms with Crippen molar-refractivity contribution in [2.75, 3.05) is 36.7 Å². The number of nitriles is 1. The standard InChI is InChI=1S/C21H23N9OS/c1-30-9-7-14-4-5-17(10-15(14)13-30)25-21-24-12-16(11-22)19(28-21)27-20-23-8-6-18(26-20)29-32(2,3)31/h4-6,8,10,12H,7,9,13H2,1-3H3,(H2,23,24,25,26,27,28). The summed E-state index contributed by atoms with van der Waals surface area (Å²) in [5, 5.41) is 15.6. The third kappa shape index (κ3) is 5.35. The number of hydrogen-bond acceptors (Lipinski definition) is 10. The molecule has 0 fully saturated rings. The van der Waals surface area contributed by atoms with Gasteiger partial charge in [-0.15, -0.1) is 0 Å². The minimum absolute atomic E-state index is 0.188. The number of nitrogens with zero attached hydrogens (tertiary/aromatic N) is 7. The second-order valence-corrected chi connectivity index (χ2v) is 10.3. The van der Waals surface area contributed by atoms with Crippen molar-refractivity contribution in [2.24, 2.45) is 4.36 Å². The molecule has 0 amide bonds. The van der Waals surface area contributed by atoms with E-state index < -0.39 is 9.73 Å². The largest absolute Gasteiger partial charge is 0.324 e. The summed E-state index contributed by atoms with van der Waals surface area (Å²) < 4.78 is 16.0. The first-order valence-electron chi connectivity index (χ1n) is 9.91. The quantitative estimate of drug-likeness (QED) is 0.603. The average molecular weight is 450 g/mol. The molecule has 1 aromatic carbocycles. The van der Waals surface area contributed by atoms with Gasteiger partial charge in [0.05, 0.1) is 6.20 Å². The third-order valence-electron chi connectivity index (χ3n) is 4.76. The molecule has 0 saturated carbocycles. The van der Waals surface area contributed by atoms with Gasteiger partial charge in [0, 0.05) is 53.3 Å². The smallest absolute Gasteiger partial charge is 0.230 e. The number of benzene rings is 1. The molecule has 2 N–H and O–H groups in total. The van der Waals surface area contributed by atoms with Crippen molar-refractivity contribution in [3.63, 3.8) is 0 Å². The van der Waals surface area contributed by atoms with Crippen molar-refractivity contribution in [3.05, 3.63) is 53.3 Å². The van der Waals surface area contributed by atoms with Crippen molar-refractivity contribution < 1.29 is 4.21 Å². The molecule has 0 unspecified atom stereocenters. The van der Waals surface area contributed by atoms with Crippen molar-refractivity contribution in [1.29, 1.82) is 5.26 Å². The number of aromatic nitrogens is 4. The highest BCUT2D eigenvalue weighted by Gasteiger charge is 2.14. The fourth-order valence-electron chi connectivity index (χ4n) is 3.32. The van der Waals surface area contributed by atoms with Gasteiger partial charge in [0.15, 0.2) is 11.6 Å². The number of likely N-dealkylation sites (N-methyl/N-ethyl adjacent to an activating group) is 1. The molecule has 3 heterocycles. The molecule has 164 valence electrons. The van der Waals surface area contributed by atoms with Crippen LogP contribution in [0.15, 0.2) is 41.0 Å². The lowest BCUT2D eigenvalue weighted by molar-refractivity contribution is 0.313. The van der Waals surface area contributed by atoms with Crippen LogP contribution >= 0.6 is 0 Å². The first-order chi connectivity index (χ1) is 15.3. The molecule has 0 bridgehead atoms. The summed E-state index contributed by atoms with van der Waals surface area (Å²) in [5.41, 5.74) is 3.73. The van der Waals surface area contributed by atoms with Gasteiger partial charge >= 0.3 is 0 Å². The number of nitrogens with one attached hydrogen (secondary N) is 2. The summed E-state index contributed by atoms with van der Waals surface area (Å²) in [7, 11) is -0.260. The van der Waals surface area contributed by atoms with Gasteiger partial charge in [0.2, 0.25) is 11.9 Å². The van der Waals surface area contributed by atoms with E-state index in [-0.39, 0.29) is 23.1 Å². The van der Waals surface area contributed by atoms with Gasteiger partial charge in [-0.2, -0.15) is 19.6 Å². The maximum atomic E-state index is 11.9. The van der Waals surface area contributed by atoms with Gasteiger partial charge in [-0.1, -0.05) is 6.07 Å². The van der Waals surface area contributed by atoms with Crippen LogP contribution in [0.1, 0.15) is 16.7 Å². The van der Waals surface area contributed by atoms with Crippen LogP contribution in [0.2, 0.25) is 0 Å². The lowest BCUT2D eigenvalue weighted by Crippen LogP contribution is -2.26. The van der Waals surface area contributed by atoms with Crippen molar-refractivity contribution in [2.45, 2.75) is 13.0 Å². The zero-order chi connectivity index (χ0) is 22.7. The summed E-state index contributed by atoms with van der Waals surface area (Å²) in [4.78, 5) is 19.3. The van der Waals surface area contributed by atoms with Gasteiger partial charge in [-0.05, 0) is 36.7 Å². The predicted molar refractivity (Wildman–Crippen MR) is 124 cm³/mol. The Kier molecular flexibility index (Phi) is 5.98. The number of fused-ring (bicyclic) bond motifs is 1. The van der Waals surface area contributed by atoms with Crippen molar-refractivity contribution in [1.82, 2.24) is 24.8 Å². The second-order valence-electron chi connectivity index (χ2n) is 7.80. The molecule has 0 atom stereocenters. The van der Waals surface area contributed by atoms with E-state index in [4.69, 9.17) is 0 Å². The number of rotatable bonds is 5. The molecule has 1 aliphatic rings. The maximum absolute atomic E-state index is 11.9. The van der Waals surface area contributed by atoms with Crippen molar-refractivity contribution in [3.8, 4) is 6.07 Å². The lowest BCUT2D eigenvalue weighted by Gasteiger charge is -2.25. The first kappa shape index (κ1) is 21.6. The topological polar surface area (TPSA) is 132 Å². The van der Waals surface area contributed by atoms with Crippen molar-refractivity contribution >= 4 is 38.9 Å². The Hall–Kier alpha value is -3.62. The minimum atomic E-state index is -2.37. The van der Waals surface area contributed by atoms with Gasteiger partial charge in [-0.3, -0.25) is 0 Å². The average Bonchev–Trinajstić information content (AvgIpc) is 2.73. The summed E-state index contributed by atoms with van der Waals surface area (Å²) >= 11 is 0. The van der Waals surface area contributed by atoms with Gasteiger partial charge in [0.1, 0.15) is 11.6 Å². The summed E-state index contributed by atoms with van der Waals surface area (Å²) in [5.74, 6) is 1.06. The van der Waals surface area contributed by atoms with E-state index >= 15 is 0 Å². The molecule has 4 rings (SSSR count). The molecule has 2 aromatic heterocycles. The van der Waals surface area contributed by atoms with Crippen LogP contribution in [0.3, 0.4) is 0 Å². The molecular formula is C21H23N9OS. The maximum Gasteiger partial charge on any atom is 0.230 e. The Labute approximate surface area is 187 Å². The fraction of sp³-hybridized carbons (Fsp3) is 0.286. The Balaban J connectivity index is 1.59. The zero-order valence-corrected chi connectivity index (χ0v) is 18.8. The van der Waals surface area contributed by atoms with Crippen LogP contribution in [0, 0.1) is 11.3 Å². The van der Waals surface area contributed by atoms with E-state index in [1.54, 1.807) is 6.07 Å². The summed E-state index contributed by atoms with van der Waals surface area (Å²) in [6.45, 7) is 1.95. The SMILES string of the molecule is CN1CCc2ccc(Nc3ncc(C#N)c(Nc4nccc(N=S(C)(C)=O)n4)n3)cc2C1. The molecule has 10 nitrogen and oxygen atoms in total. The Bertz CT molecular complexity index is 1320. The molecule has 11 heteroatoms. The Morgan fingerprint density at radius 1 is 1.12 bits per heavy atom. The van der Waals surface area contributed by atoms with Gasteiger partial charge in [0.25, 0.3) is 0 Å². The minimum Gasteiger partial charge on any atom is -0.324 e. The predicted octanol–water partition coefficient (Wildman–Crippen LogP) is 2.97. The van der Waals surface area contributed by atoms with Gasteiger partial charge in [-0.25, -0.2) is 14.2 Å². The van der Waals surface area contributed by atoms with Crippen LogP contribution in [0.4, 0.5) is 29.2 Å². The van der Waals surface area contributed by atoms with Gasteiger partial charge < -0.3 is 15.5 Å². The van der Waals surface area contributed by atoms with E-state index in [0.717, 1.165) is 25.2 Å². The van der Waals surface area contributed by atoms with E-state index in [9.17, 15) is 9.47 Å². The molecular weight excluding hydrogens is 426 g/mol. The number of hydrogen-bond donors (Lipinski definition) is 2. The molecule has 0 aliphatic carbocycles. The molecule has 0 spiro atoms. The molecule has 0 saturated heterocycles. The van der Waals surface area contributed by atoms with Crippen LogP contribution in [0.5, 0.6) is 0 Å². The van der Waals surface area contributed by atoms with Crippen LogP contribution in [-0.4, -0.2) is 55.1 Å². The van der Waals surface area contributed by atoms with E-state index in [1.165, 1.54) is 36.0 Å².